The molecule has 14 heavy (non-hydrogen) atoms. The fourth-order valence-corrected chi connectivity index (χ4v) is 1.69. The number of halogens is 1. The van der Waals surface area contributed by atoms with Gasteiger partial charge in [0.05, 0.1) is 0 Å². The Morgan fingerprint density at radius 2 is 1.50 bits per heavy atom. The molecule has 0 bridgehead atoms. The maximum atomic E-state index is 13.0. The van der Waals surface area contributed by atoms with Gasteiger partial charge in [0.15, 0.2) is 0 Å². The normalized spacial score (nSPS) is 13.1. The average molecular weight is 201 g/mol. The largest absolute Gasteiger partial charge is 0.247 e. The molecule has 0 saturated carbocycles. The van der Waals surface area contributed by atoms with Gasteiger partial charge in [0, 0.05) is 0 Å². The van der Waals surface area contributed by atoms with Crippen molar-refractivity contribution in [3.63, 3.8) is 0 Å². The van der Waals surface area contributed by atoms with Gasteiger partial charge >= 0.3 is 0 Å². The van der Waals surface area contributed by atoms with Crippen LogP contribution in [0.2, 0.25) is 0 Å². The first-order chi connectivity index (χ1) is 6.81. The third-order valence-electron chi connectivity index (χ3n) is 2.64. The standard InChI is InChI=1S/C13H26F/c1-3-5-6-7-8-9-10-12-13(14)11-4-2/h13H,2-12H2,1H3. The molecule has 0 fully saturated rings. The predicted octanol–water partition coefficient (Wildman–Crippen LogP) is 5.08. The second kappa shape index (κ2) is 11.0. The third kappa shape index (κ3) is 10.0. The lowest BCUT2D eigenvalue weighted by Crippen LogP contribution is -1.98. The molecule has 0 heterocycles. The zero-order valence-electron chi connectivity index (χ0n) is 9.73. The maximum absolute atomic E-state index is 13.0. The highest BCUT2D eigenvalue weighted by Crippen LogP contribution is 2.13. The maximum Gasteiger partial charge on any atom is 0.100 e. The van der Waals surface area contributed by atoms with Crippen molar-refractivity contribution in [3.05, 3.63) is 6.92 Å². The molecule has 0 saturated heterocycles. The minimum absolute atomic E-state index is 0.594. The first-order valence-electron chi connectivity index (χ1n) is 6.24. The van der Waals surface area contributed by atoms with Crippen LogP contribution in [0.1, 0.15) is 71.1 Å². The van der Waals surface area contributed by atoms with Crippen LogP contribution in [-0.2, 0) is 0 Å². The molecule has 1 atom stereocenters. The van der Waals surface area contributed by atoms with Gasteiger partial charge in [0.25, 0.3) is 0 Å². The second-order valence-corrected chi connectivity index (χ2v) is 4.15. The van der Waals surface area contributed by atoms with Crippen molar-refractivity contribution < 1.29 is 4.39 Å². The van der Waals surface area contributed by atoms with Crippen LogP contribution in [0.4, 0.5) is 4.39 Å². The zero-order valence-corrected chi connectivity index (χ0v) is 9.73. The highest BCUT2D eigenvalue weighted by molar-refractivity contribution is 4.57. The summed E-state index contributed by atoms with van der Waals surface area (Å²) in [6.45, 7) is 5.89. The molecule has 1 radical (unpaired) electrons. The van der Waals surface area contributed by atoms with Gasteiger partial charge in [-0.2, -0.15) is 0 Å². The van der Waals surface area contributed by atoms with E-state index in [2.05, 4.69) is 13.8 Å². The molecule has 0 N–H and O–H groups in total. The minimum Gasteiger partial charge on any atom is -0.247 e. The SMILES string of the molecule is [CH2]CCC(F)CCCCCCCCC. The number of hydrogen-bond acceptors (Lipinski definition) is 0. The minimum atomic E-state index is -0.594. The van der Waals surface area contributed by atoms with Crippen LogP contribution in [0.25, 0.3) is 0 Å². The molecule has 0 aromatic carbocycles. The van der Waals surface area contributed by atoms with Gasteiger partial charge in [0.2, 0.25) is 0 Å². The molecule has 0 aromatic rings. The predicted molar refractivity (Wildman–Crippen MR) is 62.1 cm³/mol. The van der Waals surface area contributed by atoms with Crippen LogP contribution in [0, 0.1) is 6.92 Å². The molecule has 0 aliphatic heterocycles. The molecule has 0 spiro atoms. The molecule has 0 amide bonds. The number of alkyl halides is 1. The highest BCUT2D eigenvalue weighted by Gasteiger charge is 2.03. The summed E-state index contributed by atoms with van der Waals surface area (Å²) in [6.07, 6.45) is 10.4. The molecule has 0 aromatic heterocycles. The molecule has 85 valence electrons. The van der Waals surface area contributed by atoms with E-state index in [9.17, 15) is 4.39 Å². The van der Waals surface area contributed by atoms with Gasteiger partial charge in [-0.1, -0.05) is 65.2 Å². The second-order valence-electron chi connectivity index (χ2n) is 4.15. The molecular formula is C13H26F. The van der Waals surface area contributed by atoms with E-state index < -0.39 is 6.17 Å². The third-order valence-corrected chi connectivity index (χ3v) is 2.64. The van der Waals surface area contributed by atoms with Gasteiger partial charge < -0.3 is 0 Å². The summed E-state index contributed by atoms with van der Waals surface area (Å²) in [4.78, 5) is 0. The Morgan fingerprint density at radius 1 is 0.929 bits per heavy atom. The quantitative estimate of drug-likeness (QED) is 0.432. The summed E-state index contributed by atoms with van der Waals surface area (Å²) in [5.74, 6) is 0. The van der Waals surface area contributed by atoms with Crippen LogP contribution >= 0.6 is 0 Å². The fraction of sp³-hybridized carbons (Fsp3) is 0.923. The van der Waals surface area contributed by atoms with Crippen LogP contribution in [0.3, 0.4) is 0 Å². The van der Waals surface area contributed by atoms with Crippen molar-refractivity contribution in [2.24, 2.45) is 0 Å². The Labute approximate surface area is 89.3 Å². The fourth-order valence-electron chi connectivity index (χ4n) is 1.69. The van der Waals surface area contributed by atoms with Gasteiger partial charge in [0.1, 0.15) is 6.17 Å². The first kappa shape index (κ1) is 13.9. The summed E-state index contributed by atoms with van der Waals surface area (Å²) in [5.41, 5.74) is 0. The molecular weight excluding hydrogens is 175 g/mol. The van der Waals surface area contributed by atoms with Gasteiger partial charge in [-0.3, -0.25) is 0 Å². The average Bonchev–Trinajstić information content (AvgIpc) is 2.17. The smallest absolute Gasteiger partial charge is 0.100 e. The van der Waals surface area contributed by atoms with E-state index in [1.807, 2.05) is 0 Å². The molecule has 1 unspecified atom stereocenters. The van der Waals surface area contributed by atoms with E-state index >= 15 is 0 Å². The van der Waals surface area contributed by atoms with Crippen molar-refractivity contribution in [2.45, 2.75) is 77.3 Å². The lowest BCUT2D eigenvalue weighted by atomic mass is 10.1. The van der Waals surface area contributed by atoms with E-state index in [0.29, 0.717) is 6.42 Å². The van der Waals surface area contributed by atoms with Crippen molar-refractivity contribution in [2.75, 3.05) is 0 Å². The molecule has 0 rings (SSSR count). The summed E-state index contributed by atoms with van der Waals surface area (Å²) >= 11 is 0. The topological polar surface area (TPSA) is 0 Å². The van der Waals surface area contributed by atoms with E-state index in [-0.39, 0.29) is 0 Å². The zero-order chi connectivity index (χ0) is 10.6. The molecule has 0 nitrogen and oxygen atoms in total. The van der Waals surface area contributed by atoms with Crippen LogP contribution < -0.4 is 0 Å². The number of rotatable bonds is 10. The van der Waals surface area contributed by atoms with Crippen molar-refractivity contribution in [1.82, 2.24) is 0 Å². The summed E-state index contributed by atoms with van der Waals surface area (Å²) < 4.78 is 13.0. The van der Waals surface area contributed by atoms with E-state index in [1.54, 1.807) is 0 Å². The lowest BCUT2D eigenvalue weighted by Gasteiger charge is -2.05. The monoisotopic (exact) mass is 201 g/mol. The molecule has 0 aliphatic rings. The molecule has 0 aliphatic carbocycles. The Hall–Kier alpha value is -0.0700. The van der Waals surface area contributed by atoms with Gasteiger partial charge in [-0.25, -0.2) is 4.39 Å². The van der Waals surface area contributed by atoms with E-state index in [4.69, 9.17) is 0 Å². The van der Waals surface area contributed by atoms with E-state index in [1.165, 1.54) is 38.5 Å². The Kier molecular flexibility index (Phi) is 11.0. The number of hydrogen-bond donors (Lipinski definition) is 0. The lowest BCUT2D eigenvalue weighted by molar-refractivity contribution is 0.288. The summed E-state index contributed by atoms with van der Waals surface area (Å²) in [6, 6.07) is 0. The van der Waals surface area contributed by atoms with Crippen molar-refractivity contribution in [1.29, 1.82) is 0 Å². The first-order valence-corrected chi connectivity index (χ1v) is 6.24. The number of unbranched alkanes of at least 4 members (excludes halogenated alkanes) is 6. The Bertz CT molecular complexity index is 101. The highest BCUT2D eigenvalue weighted by atomic mass is 19.1. The summed E-state index contributed by atoms with van der Waals surface area (Å²) in [7, 11) is 0. The molecule has 1 heteroatoms. The van der Waals surface area contributed by atoms with E-state index in [0.717, 1.165) is 19.3 Å². The van der Waals surface area contributed by atoms with Crippen LogP contribution in [-0.4, -0.2) is 6.17 Å². The van der Waals surface area contributed by atoms with Crippen molar-refractivity contribution in [3.8, 4) is 0 Å². The summed E-state index contributed by atoms with van der Waals surface area (Å²) in [5, 5.41) is 0. The van der Waals surface area contributed by atoms with Gasteiger partial charge in [-0.05, 0) is 12.8 Å². The van der Waals surface area contributed by atoms with Gasteiger partial charge in [-0.15, -0.1) is 0 Å². The Morgan fingerprint density at radius 3 is 2.07 bits per heavy atom. The Balaban J connectivity index is 2.98. The van der Waals surface area contributed by atoms with Crippen LogP contribution in [0.15, 0.2) is 0 Å². The van der Waals surface area contributed by atoms with Crippen molar-refractivity contribution >= 4 is 0 Å². The van der Waals surface area contributed by atoms with Crippen LogP contribution in [0.5, 0.6) is 0 Å².